The van der Waals surface area contributed by atoms with Crippen molar-refractivity contribution in [2.45, 2.75) is 32.2 Å². The molecule has 0 amide bonds. The van der Waals surface area contributed by atoms with Gasteiger partial charge in [-0.05, 0) is 30.2 Å². The van der Waals surface area contributed by atoms with Gasteiger partial charge in [-0.25, -0.2) is 4.79 Å². The zero-order valence-corrected chi connectivity index (χ0v) is 12.3. The van der Waals surface area contributed by atoms with Crippen molar-refractivity contribution in [3.63, 3.8) is 0 Å². The Hall–Kier alpha value is -2.29. The van der Waals surface area contributed by atoms with Gasteiger partial charge in [0.15, 0.2) is 0 Å². The van der Waals surface area contributed by atoms with E-state index in [2.05, 4.69) is 24.4 Å². The normalized spacial score (nSPS) is 11.9. The molecule has 2 aromatic carbocycles. The van der Waals surface area contributed by atoms with E-state index in [1.807, 2.05) is 24.3 Å². The smallest absolute Gasteiger partial charge is 0.335 e. The van der Waals surface area contributed by atoms with Crippen LogP contribution in [0.5, 0.6) is 0 Å². The summed E-state index contributed by atoms with van der Waals surface area (Å²) >= 11 is 0. The van der Waals surface area contributed by atoms with Crippen molar-refractivity contribution >= 4 is 11.7 Å². The van der Waals surface area contributed by atoms with Crippen molar-refractivity contribution in [3.05, 3.63) is 65.7 Å². The van der Waals surface area contributed by atoms with E-state index in [4.69, 9.17) is 5.11 Å². The number of nitrogens with one attached hydrogen (secondary N) is 1. The molecule has 2 rings (SSSR count). The molecular weight excluding hydrogens is 262 g/mol. The predicted octanol–water partition coefficient (Wildman–Crippen LogP) is 4.73. The number of hydrogen-bond acceptors (Lipinski definition) is 2. The lowest BCUT2D eigenvalue weighted by atomic mass is 10.0. The Labute approximate surface area is 125 Å². The molecule has 0 aliphatic heterocycles. The molecule has 0 heterocycles. The molecule has 0 radical (unpaired) electrons. The number of carboxylic acids is 1. The third kappa shape index (κ3) is 4.35. The molecule has 1 unspecified atom stereocenters. The molecule has 0 saturated heterocycles. The Morgan fingerprint density at radius 2 is 1.90 bits per heavy atom. The Kier molecular flexibility index (Phi) is 5.38. The molecule has 0 bridgehead atoms. The van der Waals surface area contributed by atoms with Crippen LogP contribution >= 0.6 is 0 Å². The Morgan fingerprint density at radius 3 is 2.57 bits per heavy atom. The number of rotatable bonds is 7. The molecule has 0 saturated carbocycles. The second-order valence-corrected chi connectivity index (χ2v) is 5.14. The standard InChI is InChI=1S/C18H21NO2/c1-2-3-12-17(14-8-5-4-6-9-14)19-16-11-7-10-15(13-16)18(20)21/h4-11,13,17,19H,2-3,12H2,1H3,(H,20,21). The molecular formula is C18H21NO2. The van der Waals surface area contributed by atoms with Gasteiger partial charge >= 0.3 is 5.97 Å². The summed E-state index contributed by atoms with van der Waals surface area (Å²) in [6.07, 6.45) is 3.29. The number of hydrogen-bond donors (Lipinski definition) is 2. The first-order valence-corrected chi connectivity index (χ1v) is 7.35. The third-order valence-corrected chi connectivity index (χ3v) is 3.50. The maximum absolute atomic E-state index is 11.1. The van der Waals surface area contributed by atoms with E-state index < -0.39 is 5.97 Å². The van der Waals surface area contributed by atoms with Crippen LogP contribution in [-0.2, 0) is 0 Å². The van der Waals surface area contributed by atoms with Crippen molar-refractivity contribution in [1.82, 2.24) is 0 Å². The van der Waals surface area contributed by atoms with Gasteiger partial charge < -0.3 is 10.4 Å². The number of anilines is 1. The van der Waals surface area contributed by atoms with Crippen LogP contribution < -0.4 is 5.32 Å². The van der Waals surface area contributed by atoms with Crippen molar-refractivity contribution in [1.29, 1.82) is 0 Å². The summed E-state index contributed by atoms with van der Waals surface area (Å²) in [7, 11) is 0. The molecule has 2 N–H and O–H groups in total. The lowest BCUT2D eigenvalue weighted by Gasteiger charge is -2.20. The molecule has 3 heteroatoms. The number of carbonyl (C=O) groups is 1. The van der Waals surface area contributed by atoms with Crippen molar-refractivity contribution in [3.8, 4) is 0 Å². The molecule has 0 aromatic heterocycles. The van der Waals surface area contributed by atoms with Crippen molar-refractivity contribution in [2.24, 2.45) is 0 Å². The monoisotopic (exact) mass is 283 g/mol. The number of carboxylic acid groups (broad SMARTS) is 1. The van der Waals surface area contributed by atoms with Gasteiger partial charge in [0.25, 0.3) is 0 Å². The molecule has 1 atom stereocenters. The van der Waals surface area contributed by atoms with Crippen molar-refractivity contribution in [2.75, 3.05) is 5.32 Å². The Balaban J connectivity index is 2.18. The van der Waals surface area contributed by atoms with Crippen LogP contribution in [0.2, 0.25) is 0 Å². The van der Waals surface area contributed by atoms with Crippen LogP contribution in [0.4, 0.5) is 5.69 Å². The van der Waals surface area contributed by atoms with Gasteiger partial charge in [-0.1, -0.05) is 56.2 Å². The highest BCUT2D eigenvalue weighted by atomic mass is 16.4. The van der Waals surface area contributed by atoms with Gasteiger partial charge in [-0.2, -0.15) is 0 Å². The zero-order valence-electron chi connectivity index (χ0n) is 12.3. The van der Waals surface area contributed by atoms with Gasteiger partial charge in [-0.3, -0.25) is 0 Å². The minimum absolute atomic E-state index is 0.204. The quantitative estimate of drug-likeness (QED) is 0.772. The Bertz CT molecular complexity index is 581. The summed E-state index contributed by atoms with van der Waals surface area (Å²) in [5, 5.41) is 12.5. The molecule has 0 spiro atoms. The summed E-state index contributed by atoms with van der Waals surface area (Å²) in [6.45, 7) is 2.17. The van der Waals surface area contributed by atoms with Crippen LogP contribution in [0, 0.1) is 0 Å². The Morgan fingerprint density at radius 1 is 1.14 bits per heavy atom. The number of benzene rings is 2. The third-order valence-electron chi connectivity index (χ3n) is 3.50. The fraction of sp³-hybridized carbons (Fsp3) is 0.278. The predicted molar refractivity (Wildman–Crippen MR) is 85.7 cm³/mol. The second kappa shape index (κ2) is 7.48. The lowest BCUT2D eigenvalue weighted by Crippen LogP contribution is -2.11. The van der Waals surface area contributed by atoms with Crippen LogP contribution in [0.15, 0.2) is 54.6 Å². The topological polar surface area (TPSA) is 49.3 Å². The number of aromatic carboxylic acids is 1. The van der Waals surface area contributed by atoms with Crippen LogP contribution in [0.1, 0.15) is 48.1 Å². The minimum atomic E-state index is -0.900. The summed E-state index contributed by atoms with van der Waals surface area (Å²) in [5.41, 5.74) is 2.38. The molecule has 2 aromatic rings. The first kappa shape index (κ1) is 15.1. The highest BCUT2D eigenvalue weighted by Crippen LogP contribution is 2.25. The number of unbranched alkanes of at least 4 members (excludes halogenated alkanes) is 1. The van der Waals surface area contributed by atoms with Crippen LogP contribution in [0.25, 0.3) is 0 Å². The zero-order chi connectivity index (χ0) is 15.1. The van der Waals surface area contributed by atoms with Crippen LogP contribution in [-0.4, -0.2) is 11.1 Å². The maximum Gasteiger partial charge on any atom is 0.335 e. The SMILES string of the molecule is CCCCC(Nc1cccc(C(=O)O)c1)c1ccccc1. The van der Waals surface area contributed by atoms with Gasteiger partial charge in [-0.15, -0.1) is 0 Å². The minimum Gasteiger partial charge on any atom is -0.478 e. The van der Waals surface area contributed by atoms with Crippen LogP contribution in [0.3, 0.4) is 0 Å². The van der Waals surface area contributed by atoms with E-state index in [-0.39, 0.29) is 6.04 Å². The highest BCUT2D eigenvalue weighted by molar-refractivity contribution is 5.88. The van der Waals surface area contributed by atoms with Gasteiger partial charge in [0.2, 0.25) is 0 Å². The van der Waals surface area contributed by atoms with E-state index in [1.165, 1.54) is 5.56 Å². The molecule has 3 nitrogen and oxygen atoms in total. The summed E-state index contributed by atoms with van der Waals surface area (Å²) < 4.78 is 0. The fourth-order valence-corrected chi connectivity index (χ4v) is 2.36. The van der Waals surface area contributed by atoms with E-state index in [0.717, 1.165) is 24.9 Å². The summed E-state index contributed by atoms with van der Waals surface area (Å²) in [6, 6.07) is 17.5. The molecule has 21 heavy (non-hydrogen) atoms. The largest absolute Gasteiger partial charge is 0.478 e. The average Bonchev–Trinajstić information content (AvgIpc) is 2.52. The summed E-state index contributed by atoms with van der Waals surface area (Å²) in [5.74, 6) is -0.900. The van der Waals surface area contributed by atoms with E-state index in [1.54, 1.807) is 18.2 Å². The molecule has 0 aliphatic rings. The first-order valence-electron chi connectivity index (χ1n) is 7.35. The summed E-state index contributed by atoms with van der Waals surface area (Å²) in [4.78, 5) is 11.1. The maximum atomic E-state index is 11.1. The van der Waals surface area contributed by atoms with Gasteiger partial charge in [0, 0.05) is 5.69 Å². The van der Waals surface area contributed by atoms with E-state index >= 15 is 0 Å². The lowest BCUT2D eigenvalue weighted by molar-refractivity contribution is 0.0697. The van der Waals surface area contributed by atoms with Crippen molar-refractivity contribution < 1.29 is 9.90 Å². The fourth-order valence-electron chi connectivity index (χ4n) is 2.36. The van der Waals surface area contributed by atoms with Gasteiger partial charge in [0.05, 0.1) is 11.6 Å². The first-order chi connectivity index (χ1) is 10.2. The second-order valence-electron chi connectivity index (χ2n) is 5.14. The molecule has 0 aliphatic carbocycles. The van der Waals surface area contributed by atoms with Gasteiger partial charge in [0.1, 0.15) is 0 Å². The average molecular weight is 283 g/mol. The molecule has 110 valence electrons. The van der Waals surface area contributed by atoms with E-state index in [9.17, 15) is 4.79 Å². The highest BCUT2D eigenvalue weighted by Gasteiger charge is 2.11. The van der Waals surface area contributed by atoms with E-state index in [0.29, 0.717) is 5.56 Å². The molecule has 0 fully saturated rings.